The first-order valence-corrected chi connectivity index (χ1v) is 3.94. The van der Waals surface area contributed by atoms with Crippen LogP contribution in [0, 0.1) is 0 Å². The van der Waals surface area contributed by atoms with Crippen molar-refractivity contribution >= 4 is 22.8 Å². The van der Waals surface area contributed by atoms with E-state index in [0.717, 1.165) is 16.5 Å². The number of nitrogens with zero attached hydrogens (tertiary/aromatic N) is 2. The fraction of sp³-hybridized carbons (Fsp3) is 0. The third kappa shape index (κ3) is 1.14. The van der Waals surface area contributed by atoms with Gasteiger partial charge in [-0.25, -0.2) is 9.97 Å². The SMILES string of the molecule is C=Cc1cccc2ncnc(N)c12. The molecule has 1 aromatic carbocycles. The largest absolute Gasteiger partial charge is 0.383 e. The number of nitrogens with two attached hydrogens (primary N) is 1. The van der Waals surface area contributed by atoms with Gasteiger partial charge in [-0.05, 0) is 11.6 Å². The second-order valence-electron chi connectivity index (χ2n) is 2.70. The van der Waals surface area contributed by atoms with Crippen LogP contribution in [0.25, 0.3) is 17.0 Å². The minimum atomic E-state index is 0.500. The summed E-state index contributed by atoms with van der Waals surface area (Å²) >= 11 is 0. The predicted octanol–water partition coefficient (Wildman–Crippen LogP) is 1.85. The summed E-state index contributed by atoms with van der Waals surface area (Å²) in [5.74, 6) is 0.500. The van der Waals surface area contributed by atoms with Crippen LogP contribution in [-0.4, -0.2) is 9.97 Å². The number of fused-ring (bicyclic) bond motifs is 1. The van der Waals surface area contributed by atoms with E-state index >= 15 is 0 Å². The molecule has 2 aromatic rings. The van der Waals surface area contributed by atoms with E-state index in [1.807, 2.05) is 18.2 Å². The first kappa shape index (κ1) is 7.73. The summed E-state index contributed by atoms with van der Waals surface area (Å²) in [6.45, 7) is 3.71. The molecule has 0 atom stereocenters. The van der Waals surface area contributed by atoms with E-state index in [4.69, 9.17) is 5.73 Å². The Morgan fingerprint density at radius 3 is 2.92 bits per heavy atom. The van der Waals surface area contributed by atoms with Crippen molar-refractivity contribution in [2.45, 2.75) is 0 Å². The highest BCUT2D eigenvalue weighted by Gasteiger charge is 2.02. The maximum Gasteiger partial charge on any atom is 0.135 e. The number of aromatic nitrogens is 2. The topological polar surface area (TPSA) is 51.8 Å². The van der Waals surface area contributed by atoms with E-state index in [-0.39, 0.29) is 0 Å². The molecule has 3 nitrogen and oxygen atoms in total. The minimum Gasteiger partial charge on any atom is -0.383 e. The molecule has 0 bridgehead atoms. The molecule has 64 valence electrons. The maximum atomic E-state index is 5.73. The lowest BCUT2D eigenvalue weighted by Crippen LogP contribution is -1.94. The van der Waals surface area contributed by atoms with Gasteiger partial charge in [0.1, 0.15) is 12.1 Å². The molecule has 0 amide bonds. The molecule has 3 heteroatoms. The molecule has 2 N–H and O–H groups in total. The summed E-state index contributed by atoms with van der Waals surface area (Å²) in [6, 6.07) is 5.77. The van der Waals surface area contributed by atoms with Crippen LogP contribution in [-0.2, 0) is 0 Å². The number of anilines is 1. The second-order valence-corrected chi connectivity index (χ2v) is 2.70. The van der Waals surface area contributed by atoms with Gasteiger partial charge in [-0.3, -0.25) is 0 Å². The zero-order valence-corrected chi connectivity index (χ0v) is 7.07. The van der Waals surface area contributed by atoms with E-state index < -0.39 is 0 Å². The van der Waals surface area contributed by atoms with Gasteiger partial charge < -0.3 is 5.73 Å². The second kappa shape index (κ2) is 2.86. The molecular formula is C10H9N3. The van der Waals surface area contributed by atoms with Crippen LogP contribution in [0.1, 0.15) is 5.56 Å². The normalized spacial score (nSPS) is 10.2. The van der Waals surface area contributed by atoms with Crippen molar-refractivity contribution in [3.63, 3.8) is 0 Å². The average Bonchev–Trinajstić information content (AvgIpc) is 2.17. The van der Waals surface area contributed by atoms with Gasteiger partial charge in [0.2, 0.25) is 0 Å². The van der Waals surface area contributed by atoms with Gasteiger partial charge in [0.05, 0.1) is 5.52 Å². The van der Waals surface area contributed by atoms with Gasteiger partial charge >= 0.3 is 0 Å². The molecule has 1 aromatic heterocycles. The van der Waals surface area contributed by atoms with Gasteiger partial charge in [-0.15, -0.1) is 0 Å². The molecule has 0 radical (unpaired) electrons. The summed E-state index contributed by atoms with van der Waals surface area (Å²) in [5, 5.41) is 0.875. The number of nitrogen functional groups attached to an aromatic ring is 1. The predicted molar refractivity (Wildman–Crippen MR) is 54.0 cm³/mol. The minimum absolute atomic E-state index is 0.500. The van der Waals surface area contributed by atoms with Crippen LogP contribution in [0.2, 0.25) is 0 Å². The van der Waals surface area contributed by atoms with Gasteiger partial charge in [0.15, 0.2) is 0 Å². The van der Waals surface area contributed by atoms with Gasteiger partial charge in [-0.1, -0.05) is 24.8 Å². The number of benzene rings is 1. The van der Waals surface area contributed by atoms with Crippen LogP contribution < -0.4 is 5.73 Å². The number of hydrogen-bond donors (Lipinski definition) is 1. The first-order chi connectivity index (χ1) is 6.33. The lowest BCUT2D eigenvalue weighted by Gasteiger charge is -2.02. The van der Waals surface area contributed by atoms with Crippen molar-refractivity contribution in [3.8, 4) is 0 Å². The van der Waals surface area contributed by atoms with Gasteiger partial charge in [0, 0.05) is 5.39 Å². The molecule has 0 fully saturated rings. The van der Waals surface area contributed by atoms with Crippen molar-refractivity contribution in [2.75, 3.05) is 5.73 Å². The quantitative estimate of drug-likeness (QED) is 0.712. The van der Waals surface area contributed by atoms with Crippen LogP contribution in [0.4, 0.5) is 5.82 Å². The fourth-order valence-electron chi connectivity index (χ4n) is 1.33. The van der Waals surface area contributed by atoms with E-state index in [2.05, 4.69) is 16.5 Å². The monoisotopic (exact) mass is 171 g/mol. The molecule has 0 saturated heterocycles. The Kier molecular flexibility index (Phi) is 1.70. The van der Waals surface area contributed by atoms with Crippen molar-refractivity contribution in [2.24, 2.45) is 0 Å². The smallest absolute Gasteiger partial charge is 0.135 e. The van der Waals surface area contributed by atoms with Crippen LogP contribution >= 0.6 is 0 Å². The first-order valence-electron chi connectivity index (χ1n) is 3.94. The zero-order valence-electron chi connectivity index (χ0n) is 7.07. The van der Waals surface area contributed by atoms with E-state index in [0.29, 0.717) is 5.82 Å². The van der Waals surface area contributed by atoms with Gasteiger partial charge in [0.25, 0.3) is 0 Å². The average molecular weight is 171 g/mol. The van der Waals surface area contributed by atoms with Crippen LogP contribution in [0.15, 0.2) is 31.1 Å². The molecule has 13 heavy (non-hydrogen) atoms. The number of hydrogen-bond acceptors (Lipinski definition) is 3. The van der Waals surface area contributed by atoms with Gasteiger partial charge in [-0.2, -0.15) is 0 Å². The Hall–Kier alpha value is -1.90. The van der Waals surface area contributed by atoms with Crippen molar-refractivity contribution in [3.05, 3.63) is 36.7 Å². The molecule has 2 rings (SSSR count). The highest BCUT2D eigenvalue weighted by atomic mass is 14.9. The highest BCUT2D eigenvalue weighted by molar-refractivity contribution is 5.94. The summed E-state index contributed by atoms with van der Waals surface area (Å²) in [5.41, 5.74) is 7.55. The molecule has 0 aliphatic carbocycles. The van der Waals surface area contributed by atoms with E-state index in [9.17, 15) is 0 Å². The Bertz CT molecular complexity index is 457. The fourth-order valence-corrected chi connectivity index (χ4v) is 1.33. The molecule has 0 unspecified atom stereocenters. The van der Waals surface area contributed by atoms with E-state index in [1.165, 1.54) is 6.33 Å². The molecule has 0 spiro atoms. The molecule has 0 saturated carbocycles. The van der Waals surface area contributed by atoms with Crippen LogP contribution in [0.3, 0.4) is 0 Å². The third-order valence-electron chi connectivity index (χ3n) is 1.94. The molecule has 1 heterocycles. The molecular weight excluding hydrogens is 162 g/mol. The van der Waals surface area contributed by atoms with Crippen molar-refractivity contribution in [1.29, 1.82) is 0 Å². The van der Waals surface area contributed by atoms with Crippen LogP contribution in [0.5, 0.6) is 0 Å². The summed E-state index contributed by atoms with van der Waals surface area (Å²) in [4.78, 5) is 8.05. The summed E-state index contributed by atoms with van der Waals surface area (Å²) in [6.07, 6.45) is 3.21. The Balaban J connectivity index is 2.94. The number of rotatable bonds is 1. The lowest BCUT2D eigenvalue weighted by molar-refractivity contribution is 1.23. The Morgan fingerprint density at radius 1 is 1.31 bits per heavy atom. The lowest BCUT2D eigenvalue weighted by atomic mass is 10.1. The zero-order chi connectivity index (χ0) is 9.26. The van der Waals surface area contributed by atoms with E-state index in [1.54, 1.807) is 6.08 Å². The highest BCUT2D eigenvalue weighted by Crippen LogP contribution is 2.21. The molecule has 0 aliphatic rings. The summed E-state index contributed by atoms with van der Waals surface area (Å²) in [7, 11) is 0. The van der Waals surface area contributed by atoms with Crippen molar-refractivity contribution < 1.29 is 0 Å². The Morgan fingerprint density at radius 2 is 2.15 bits per heavy atom. The Labute approximate surface area is 75.9 Å². The summed E-state index contributed by atoms with van der Waals surface area (Å²) < 4.78 is 0. The maximum absolute atomic E-state index is 5.73. The third-order valence-corrected chi connectivity index (χ3v) is 1.94. The van der Waals surface area contributed by atoms with Crippen molar-refractivity contribution in [1.82, 2.24) is 9.97 Å². The standard InChI is InChI=1S/C10H9N3/c1-2-7-4-3-5-8-9(7)10(11)13-6-12-8/h2-6H,1H2,(H2,11,12,13). The molecule has 0 aliphatic heterocycles.